The van der Waals surface area contributed by atoms with Gasteiger partial charge in [0.15, 0.2) is 15.6 Å². The molecule has 1 heterocycles. The Morgan fingerprint density at radius 2 is 1.93 bits per heavy atom. The summed E-state index contributed by atoms with van der Waals surface area (Å²) in [7, 11) is -3.45. The second-order valence-corrected chi connectivity index (χ2v) is 11.1. The Balaban J connectivity index is 2.02. The molecule has 2 saturated carbocycles. The topological polar surface area (TPSA) is 98.2 Å². The van der Waals surface area contributed by atoms with Gasteiger partial charge in [0.25, 0.3) is 5.91 Å². The van der Waals surface area contributed by atoms with Crippen molar-refractivity contribution < 1.29 is 17.9 Å². The predicted octanol–water partition coefficient (Wildman–Crippen LogP) is 2.86. The van der Waals surface area contributed by atoms with E-state index in [1.807, 2.05) is 20.8 Å². The molecule has 8 heteroatoms. The lowest BCUT2D eigenvalue weighted by molar-refractivity contribution is -0.0995. The monoisotopic (exact) mass is 407 g/mol. The minimum absolute atomic E-state index is 0.281. The van der Waals surface area contributed by atoms with E-state index in [4.69, 9.17) is 4.74 Å². The first-order valence-corrected chi connectivity index (χ1v) is 11.5. The molecule has 28 heavy (non-hydrogen) atoms. The van der Waals surface area contributed by atoms with Crippen molar-refractivity contribution in [2.75, 3.05) is 6.26 Å². The average molecular weight is 408 g/mol. The summed E-state index contributed by atoms with van der Waals surface area (Å²) in [6, 6.07) is 0. The number of hydrogen-bond acceptors (Lipinski definition) is 6. The van der Waals surface area contributed by atoms with Crippen LogP contribution in [0.15, 0.2) is 29.7 Å². The van der Waals surface area contributed by atoms with Crippen molar-refractivity contribution in [1.29, 1.82) is 0 Å². The Kier molecular flexibility index (Phi) is 5.17. The van der Waals surface area contributed by atoms with Crippen LogP contribution in [0.4, 0.5) is 0 Å². The molecule has 0 aromatic carbocycles. The summed E-state index contributed by atoms with van der Waals surface area (Å²) in [5.74, 6) is 0.0709. The normalized spacial score (nSPS) is 27.0. The summed E-state index contributed by atoms with van der Waals surface area (Å²) < 4.78 is 30.9. The van der Waals surface area contributed by atoms with Crippen molar-refractivity contribution in [2.24, 2.45) is 11.3 Å². The molecular weight excluding hydrogens is 378 g/mol. The molecule has 2 aliphatic rings. The number of ether oxygens (including phenoxy) is 1. The Labute approximate surface area is 166 Å². The van der Waals surface area contributed by atoms with Gasteiger partial charge in [-0.3, -0.25) is 4.79 Å². The van der Waals surface area contributed by atoms with Gasteiger partial charge in [-0.2, -0.15) is 0 Å². The van der Waals surface area contributed by atoms with Crippen LogP contribution in [0.1, 0.15) is 63.7 Å². The first-order valence-electron chi connectivity index (χ1n) is 9.55. The van der Waals surface area contributed by atoms with E-state index in [0.717, 1.165) is 31.9 Å². The maximum Gasteiger partial charge on any atom is 0.256 e. The molecule has 0 spiro atoms. The third-order valence-corrected chi connectivity index (χ3v) is 6.23. The lowest BCUT2D eigenvalue weighted by Crippen LogP contribution is -2.54. The van der Waals surface area contributed by atoms with Gasteiger partial charge in [0.1, 0.15) is 6.33 Å². The zero-order valence-corrected chi connectivity index (χ0v) is 18.0. The summed E-state index contributed by atoms with van der Waals surface area (Å²) >= 11 is 0. The molecule has 2 aliphatic carbocycles. The number of rotatable bonds is 6. The minimum Gasteiger partial charge on any atom is -0.345 e. The summed E-state index contributed by atoms with van der Waals surface area (Å²) in [5, 5.41) is 4.18. The van der Waals surface area contributed by atoms with Crippen molar-refractivity contribution >= 4 is 15.7 Å². The molecule has 0 saturated heterocycles. The van der Waals surface area contributed by atoms with E-state index in [0.29, 0.717) is 17.1 Å². The van der Waals surface area contributed by atoms with Gasteiger partial charge in [-0.05, 0) is 43.1 Å². The molecule has 7 nitrogen and oxygen atoms in total. The highest BCUT2D eigenvalue weighted by molar-refractivity contribution is 7.93. The van der Waals surface area contributed by atoms with E-state index in [9.17, 15) is 13.2 Å². The standard InChI is InChI=1S/C20H29N3O4S/c1-18(2,3)16(12-28(5,25)26)19(4,27-20-8-6-7-15(20)9-20)23-17(24)14-10-21-13-22-11-14/h10-13,15H,6-9H2,1-5H3,(H,23,24)/b16-12+/t15-,19+,20+/m1/s1. The van der Waals surface area contributed by atoms with Gasteiger partial charge in [-0.1, -0.05) is 27.2 Å². The van der Waals surface area contributed by atoms with Gasteiger partial charge in [0.2, 0.25) is 0 Å². The Hall–Kier alpha value is -1.80. The lowest BCUT2D eigenvalue weighted by Gasteiger charge is -2.42. The summed E-state index contributed by atoms with van der Waals surface area (Å²) in [4.78, 5) is 20.7. The fraction of sp³-hybridized carbons (Fsp3) is 0.650. The van der Waals surface area contributed by atoms with E-state index >= 15 is 0 Å². The molecule has 0 aliphatic heterocycles. The third-order valence-electron chi connectivity index (χ3n) is 5.56. The largest absolute Gasteiger partial charge is 0.345 e. The number of aromatic nitrogens is 2. The van der Waals surface area contributed by atoms with Crippen LogP contribution in [-0.2, 0) is 14.6 Å². The van der Waals surface area contributed by atoms with Gasteiger partial charge in [0.05, 0.1) is 11.2 Å². The Morgan fingerprint density at radius 1 is 1.29 bits per heavy atom. The average Bonchev–Trinajstić information content (AvgIpc) is 3.10. The minimum atomic E-state index is -3.45. The van der Waals surface area contributed by atoms with Crippen molar-refractivity contribution in [3.8, 4) is 0 Å². The van der Waals surface area contributed by atoms with Gasteiger partial charge in [-0.25, -0.2) is 18.4 Å². The van der Waals surface area contributed by atoms with Gasteiger partial charge in [-0.15, -0.1) is 0 Å². The van der Waals surface area contributed by atoms with Gasteiger partial charge >= 0.3 is 0 Å². The summed E-state index contributed by atoms with van der Waals surface area (Å²) in [6.45, 7) is 7.50. The van der Waals surface area contributed by atoms with Crippen LogP contribution >= 0.6 is 0 Å². The molecule has 1 aromatic rings. The molecule has 0 radical (unpaired) electrons. The first kappa shape index (κ1) is 20.9. The van der Waals surface area contributed by atoms with Crippen LogP contribution in [0.5, 0.6) is 0 Å². The van der Waals surface area contributed by atoms with Crippen LogP contribution in [0, 0.1) is 11.3 Å². The van der Waals surface area contributed by atoms with E-state index in [1.165, 1.54) is 24.1 Å². The fourth-order valence-electron chi connectivity index (χ4n) is 4.33. The zero-order valence-electron chi connectivity index (χ0n) is 17.2. The van der Waals surface area contributed by atoms with Crippen molar-refractivity contribution in [3.05, 3.63) is 35.3 Å². The Morgan fingerprint density at radius 3 is 2.39 bits per heavy atom. The number of sulfone groups is 1. The zero-order chi connectivity index (χ0) is 20.8. The van der Waals surface area contributed by atoms with E-state index in [-0.39, 0.29) is 5.60 Å². The fourth-order valence-corrected chi connectivity index (χ4v) is 5.34. The van der Waals surface area contributed by atoms with Gasteiger partial charge in [0, 0.05) is 24.1 Å². The molecule has 3 atom stereocenters. The van der Waals surface area contributed by atoms with E-state index in [1.54, 1.807) is 6.92 Å². The molecule has 1 amide bonds. The number of hydrogen-bond donors (Lipinski definition) is 1. The third kappa shape index (κ3) is 4.43. The van der Waals surface area contributed by atoms with E-state index < -0.39 is 26.9 Å². The smallest absolute Gasteiger partial charge is 0.256 e. The van der Waals surface area contributed by atoms with Crippen LogP contribution in [0.2, 0.25) is 0 Å². The number of fused-ring (bicyclic) bond motifs is 1. The lowest BCUT2D eigenvalue weighted by atomic mass is 9.81. The first-order chi connectivity index (χ1) is 12.8. The van der Waals surface area contributed by atoms with Crippen LogP contribution < -0.4 is 5.32 Å². The molecule has 1 N–H and O–H groups in total. The highest BCUT2D eigenvalue weighted by atomic mass is 32.2. The van der Waals surface area contributed by atoms with E-state index in [2.05, 4.69) is 15.3 Å². The highest BCUT2D eigenvalue weighted by Crippen LogP contribution is 2.60. The van der Waals surface area contributed by atoms with Crippen LogP contribution in [0.3, 0.4) is 0 Å². The quantitative estimate of drug-likeness (QED) is 0.728. The molecule has 0 unspecified atom stereocenters. The molecule has 2 fully saturated rings. The number of amides is 1. The number of carbonyl (C=O) groups excluding carboxylic acids is 1. The predicted molar refractivity (Wildman–Crippen MR) is 106 cm³/mol. The second-order valence-electron chi connectivity index (χ2n) is 9.19. The Bertz CT molecular complexity index is 892. The molecule has 154 valence electrons. The van der Waals surface area contributed by atoms with Crippen molar-refractivity contribution in [2.45, 2.75) is 64.7 Å². The summed E-state index contributed by atoms with van der Waals surface area (Å²) in [6.07, 6.45) is 9.42. The maximum atomic E-state index is 12.9. The summed E-state index contributed by atoms with van der Waals surface area (Å²) in [5.41, 5.74) is -1.29. The number of nitrogens with zero attached hydrogens (tertiary/aromatic N) is 2. The SMILES string of the molecule is CC(C)(C)/C(=C\S(C)(=O)=O)[C@@](C)(NC(=O)c1cncnc1)O[C@]12CCC[C@@H]1C2. The van der Waals surface area contributed by atoms with Crippen molar-refractivity contribution in [3.63, 3.8) is 0 Å². The van der Waals surface area contributed by atoms with Crippen LogP contribution in [-0.4, -0.2) is 41.9 Å². The molecular formula is C20H29N3O4S. The maximum absolute atomic E-state index is 12.9. The number of carbonyl (C=O) groups is 1. The molecule has 1 aromatic heterocycles. The number of nitrogens with one attached hydrogen (secondary N) is 1. The highest BCUT2D eigenvalue weighted by Gasteiger charge is 2.61. The van der Waals surface area contributed by atoms with Crippen LogP contribution in [0.25, 0.3) is 0 Å². The molecule has 0 bridgehead atoms. The van der Waals surface area contributed by atoms with Gasteiger partial charge < -0.3 is 10.1 Å². The molecule has 3 rings (SSSR count). The van der Waals surface area contributed by atoms with Crippen molar-refractivity contribution in [1.82, 2.24) is 15.3 Å². The second kappa shape index (κ2) is 6.91.